The molecular formula is C21H19NO7. The van der Waals surface area contributed by atoms with E-state index in [4.69, 9.17) is 13.9 Å². The molecule has 1 heterocycles. The number of methoxy groups -OCH3 is 1. The first-order chi connectivity index (χ1) is 13.9. The van der Waals surface area contributed by atoms with Gasteiger partial charge in [-0.1, -0.05) is 12.1 Å². The largest absolute Gasteiger partial charge is 0.497 e. The van der Waals surface area contributed by atoms with E-state index in [0.29, 0.717) is 22.5 Å². The van der Waals surface area contributed by atoms with Crippen LogP contribution in [-0.4, -0.2) is 18.0 Å². The summed E-state index contributed by atoms with van der Waals surface area (Å²) in [7, 11) is 1.53. The maximum absolute atomic E-state index is 12.3. The van der Waals surface area contributed by atoms with Crippen LogP contribution in [0.2, 0.25) is 0 Å². The Morgan fingerprint density at radius 1 is 1.21 bits per heavy atom. The van der Waals surface area contributed by atoms with Crippen LogP contribution in [0.1, 0.15) is 23.1 Å². The van der Waals surface area contributed by atoms with Crippen molar-refractivity contribution in [2.24, 2.45) is 0 Å². The summed E-state index contributed by atoms with van der Waals surface area (Å²) in [6.45, 7) is 1.72. The predicted molar refractivity (Wildman–Crippen MR) is 105 cm³/mol. The van der Waals surface area contributed by atoms with Crippen LogP contribution in [0.3, 0.4) is 0 Å². The van der Waals surface area contributed by atoms with Crippen LogP contribution in [-0.2, 0) is 22.6 Å². The van der Waals surface area contributed by atoms with Crippen LogP contribution >= 0.6 is 0 Å². The van der Waals surface area contributed by atoms with Gasteiger partial charge in [-0.05, 0) is 36.6 Å². The second-order valence-corrected chi connectivity index (χ2v) is 6.44. The van der Waals surface area contributed by atoms with Gasteiger partial charge < -0.3 is 13.9 Å². The molecule has 1 aromatic heterocycles. The van der Waals surface area contributed by atoms with Crippen LogP contribution in [0.5, 0.6) is 5.75 Å². The Morgan fingerprint density at radius 2 is 2.00 bits per heavy atom. The number of carbonyl (C=O) groups excluding carboxylic acids is 1. The first-order valence-electron chi connectivity index (χ1n) is 8.88. The number of esters is 1. The molecule has 0 amide bonds. The van der Waals surface area contributed by atoms with Gasteiger partial charge in [0.2, 0.25) is 0 Å². The average molecular weight is 397 g/mol. The standard InChI is InChI=1S/C21H19NO7/c1-13-17-7-6-16(27-2)11-19(17)29-21(24)18(13)8-9-20(23)28-12-14-4-3-5-15(10-14)22(25)26/h3-7,10-11H,8-9,12H2,1-2H3. The Bertz CT molecular complexity index is 1130. The van der Waals surface area contributed by atoms with Crippen molar-refractivity contribution < 1.29 is 23.6 Å². The van der Waals surface area contributed by atoms with Gasteiger partial charge in [0.05, 0.1) is 12.0 Å². The number of non-ortho nitro benzene ring substituents is 1. The van der Waals surface area contributed by atoms with Crippen LogP contribution < -0.4 is 10.4 Å². The fourth-order valence-electron chi connectivity index (χ4n) is 3.01. The molecule has 0 saturated carbocycles. The lowest BCUT2D eigenvalue weighted by Gasteiger charge is -2.09. The van der Waals surface area contributed by atoms with Crippen LogP contribution in [0.15, 0.2) is 51.7 Å². The molecule has 0 aliphatic carbocycles. The summed E-state index contributed by atoms with van der Waals surface area (Å²) in [4.78, 5) is 34.7. The van der Waals surface area contributed by atoms with E-state index in [2.05, 4.69) is 0 Å². The first-order valence-corrected chi connectivity index (χ1v) is 8.88. The molecule has 0 saturated heterocycles. The number of ether oxygens (including phenoxy) is 2. The molecule has 2 aromatic carbocycles. The summed E-state index contributed by atoms with van der Waals surface area (Å²) < 4.78 is 15.7. The van der Waals surface area contributed by atoms with E-state index in [-0.39, 0.29) is 25.1 Å². The van der Waals surface area contributed by atoms with Gasteiger partial charge in [0.1, 0.15) is 17.9 Å². The summed E-state index contributed by atoms with van der Waals surface area (Å²) in [5.74, 6) is 0.0719. The number of nitro groups is 1. The van der Waals surface area contributed by atoms with Crippen molar-refractivity contribution in [2.45, 2.75) is 26.4 Å². The fourth-order valence-corrected chi connectivity index (χ4v) is 3.01. The highest BCUT2D eigenvalue weighted by molar-refractivity contribution is 5.82. The highest BCUT2D eigenvalue weighted by atomic mass is 16.6. The van der Waals surface area contributed by atoms with Gasteiger partial charge in [0.25, 0.3) is 5.69 Å². The van der Waals surface area contributed by atoms with Gasteiger partial charge >= 0.3 is 11.6 Å². The van der Waals surface area contributed by atoms with Crippen molar-refractivity contribution in [3.8, 4) is 5.75 Å². The van der Waals surface area contributed by atoms with E-state index in [1.54, 1.807) is 31.2 Å². The number of benzene rings is 2. The number of fused-ring (bicyclic) bond motifs is 1. The molecule has 3 aromatic rings. The molecule has 0 aliphatic heterocycles. The molecule has 8 heteroatoms. The molecule has 0 aliphatic rings. The predicted octanol–water partition coefficient (Wildman–Crippen LogP) is 3.69. The van der Waals surface area contributed by atoms with E-state index in [0.717, 1.165) is 10.9 Å². The maximum Gasteiger partial charge on any atom is 0.339 e. The first kappa shape index (κ1) is 20.1. The minimum atomic E-state index is -0.511. The molecule has 0 atom stereocenters. The molecular weight excluding hydrogens is 378 g/mol. The Labute approximate surface area is 165 Å². The number of aryl methyl sites for hydroxylation is 1. The van der Waals surface area contributed by atoms with Crippen molar-refractivity contribution in [2.75, 3.05) is 7.11 Å². The smallest absolute Gasteiger partial charge is 0.339 e. The van der Waals surface area contributed by atoms with Gasteiger partial charge in [0.15, 0.2) is 0 Å². The molecule has 0 bridgehead atoms. The van der Waals surface area contributed by atoms with E-state index < -0.39 is 16.5 Å². The van der Waals surface area contributed by atoms with E-state index in [1.807, 2.05) is 0 Å². The number of carbonyl (C=O) groups is 1. The SMILES string of the molecule is COc1ccc2c(C)c(CCC(=O)OCc3cccc([N+](=O)[O-])c3)c(=O)oc2c1. The fraction of sp³-hybridized carbons (Fsp3) is 0.238. The van der Waals surface area contributed by atoms with Crippen molar-refractivity contribution in [1.82, 2.24) is 0 Å². The summed E-state index contributed by atoms with van der Waals surface area (Å²) in [6, 6.07) is 11.1. The number of rotatable bonds is 7. The van der Waals surface area contributed by atoms with E-state index in [9.17, 15) is 19.7 Å². The topological polar surface area (TPSA) is 109 Å². The Morgan fingerprint density at radius 3 is 2.72 bits per heavy atom. The molecule has 0 N–H and O–H groups in total. The molecule has 0 spiro atoms. The second-order valence-electron chi connectivity index (χ2n) is 6.44. The Balaban J connectivity index is 1.67. The number of hydrogen-bond acceptors (Lipinski definition) is 7. The van der Waals surface area contributed by atoms with E-state index >= 15 is 0 Å². The molecule has 8 nitrogen and oxygen atoms in total. The molecule has 29 heavy (non-hydrogen) atoms. The Kier molecular flexibility index (Phi) is 5.92. The van der Waals surface area contributed by atoms with Gasteiger partial charge in [-0.3, -0.25) is 14.9 Å². The van der Waals surface area contributed by atoms with Crippen molar-refractivity contribution in [3.05, 3.63) is 79.7 Å². The molecule has 0 fully saturated rings. The lowest BCUT2D eigenvalue weighted by molar-refractivity contribution is -0.384. The minimum absolute atomic E-state index is 0.0117. The summed E-state index contributed by atoms with van der Waals surface area (Å²) in [5, 5.41) is 11.6. The highest BCUT2D eigenvalue weighted by Gasteiger charge is 2.15. The van der Waals surface area contributed by atoms with Gasteiger partial charge in [-0.25, -0.2) is 4.79 Å². The molecule has 0 radical (unpaired) electrons. The number of nitrogens with zero attached hydrogens (tertiary/aromatic N) is 1. The van der Waals surface area contributed by atoms with Crippen molar-refractivity contribution >= 4 is 22.6 Å². The second kappa shape index (κ2) is 8.55. The third kappa shape index (κ3) is 4.60. The maximum atomic E-state index is 12.3. The highest BCUT2D eigenvalue weighted by Crippen LogP contribution is 2.24. The lowest BCUT2D eigenvalue weighted by atomic mass is 10.0. The summed E-state index contributed by atoms with van der Waals surface area (Å²) in [5.41, 5.74) is 1.52. The zero-order chi connectivity index (χ0) is 21.0. The molecule has 3 rings (SSSR count). The molecule has 0 unspecified atom stereocenters. The number of hydrogen-bond donors (Lipinski definition) is 0. The van der Waals surface area contributed by atoms with Gasteiger partial charge in [0, 0.05) is 35.6 Å². The normalized spacial score (nSPS) is 10.7. The summed E-state index contributed by atoms with van der Waals surface area (Å²) >= 11 is 0. The zero-order valence-corrected chi connectivity index (χ0v) is 16.0. The lowest BCUT2D eigenvalue weighted by Crippen LogP contribution is -2.13. The quantitative estimate of drug-likeness (QED) is 0.259. The average Bonchev–Trinajstić information content (AvgIpc) is 2.71. The summed E-state index contributed by atoms with van der Waals surface area (Å²) in [6.07, 6.45) is 0.159. The third-order valence-corrected chi connectivity index (χ3v) is 4.59. The Hall–Kier alpha value is -3.68. The van der Waals surface area contributed by atoms with Crippen molar-refractivity contribution in [1.29, 1.82) is 0 Å². The third-order valence-electron chi connectivity index (χ3n) is 4.59. The van der Waals surface area contributed by atoms with Gasteiger partial charge in [-0.2, -0.15) is 0 Å². The monoisotopic (exact) mass is 397 g/mol. The number of nitro benzene ring substituents is 1. The van der Waals surface area contributed by atoms with E-state index in [1.165, 1.54) is 25.3 Å². The van der Waals surface area contributed by atoms with Crippen molar-refractivity contribution in [3.63, 3.8) is 0 Å². The van der Waals surface area contributed by atoms with Crippen LogP contribution in [0.25, 0.3) is 11.0 Å². The van der Waals surface area contributed by atoms with Crippen LogP contribution in [0, 0.1) is 17.0 Å². The van der Waals surface area contributed by atoms with Crippen LogP contribution in [0.4, 0.5) is 5.69 Å². The van der Waals surface area contributed by atoms with Gasteiger partial charge in [-0.15, -0.1) is 0 Å². The minimum Gasteiger partial charge on any atom is -0.497 e. The molecule has 150 valence electrons. The zero-order valence-electron chi connectivity index (χ0n) is 16.0.